The van der Waals surface area contributed by atoms with Crippen LogP contribution in [0.5, 0.6) is 5.75 Å². The third-order valence-electron chi connectivity index (χ3n) is 3.43. The number of halogens is 1. The minimum Gasteiger partial charge on any atom is -0.488 e. The molecule has 25 heavy (non-hydrogen) atoms. The summed E-state index contributed by atoms with van der Waals surface area (Å²) in [5, 5.41) is 3.27. The van der Waals surface area contributed by atoms with Crippen molar-refractivity contribution in [3.05, 3.63) is 64.7 Å². The Morgan fingerprint density at radius 3 is 2.48 bits per heavy atom. The number of nitrogens with one attached hydrogen (secondary N) is 1. The molecule has 0 aliphatic carbocycles. The number of hydrogen-bond acceptors (Lipinski definition) is 4. The van der Waals surface area contributed by atoms with Crippen molar-refractivity contribution in [3.63, 3.8) is 0 Å². The third kappa shape index (κ3) is 5.50. The van der Waals surface area contributed by atoms with E-state index in [2.05, 4.69) is 5.32 Å². The summed E-state index contributed by atoms with van der Waals surface area (Å²) in [7, 11) is 0. The van der Waals surface area contributed by atoms with Crippen molar-refractivity contribution in [1.29, 1.82) is 0 Å². The van der Waals surface area contributed by atoms with Crippen LogP contribution in [0.1, 0.15) is 29.8 Å². The second-order valence-corrected chi connectivity index (χ2v) is 5.79. The van der Waals surface area contributed by atoms with Gasteiger partial charge in [-0.25, -0.2) is 4.79 Å². The molecule has 0 saturated carbocycles. The summed E-state index contributed by atoms with van der Waals surface area (Å²) in [6.07, 6.45) is 0. The van der Waals surface area contributed by atoms with Crippen LogP contribution in [0.2, 0.25) is 5.02 Å². The zero-order chi connectivity index (χ0) is 18.2. The van der Waals surface area contributed by atoms with E-state index in [1.54, 1.807) is 50.2 Å². The molecule has 5 nitrogen and oxygen atoms in total. The lowest BCUT2D eigenvalue weighted by molar-refractivity contribution is -0.144. The van der Waals surface area contributed by atoms with Gasteiger partial charge in [-0.15, -0.1) is 0 Å². The van der Waals surface area contributed by atoms with Crippen LogP contribution in [-0.2, 0) is 16.1 Å². The summed E-state index contributed by atoms with van der Waals surface area (Å²) in [4.78, 5) is 24.1. The number of amides is 1. The van der Waals surface area contributed by atoms with Crippen LogP contribution in [-0.4, -0.2) is 24.5 Å². The van der Waals surface area contributed by atoms with Crippen LogP contribution in [0.3, 0.4) is 0 Å². The molecular formula is C19H20ClNO4. The Kier molecular flexibility index (Phi) is 6.83. The average Bonchev–Trinajstić information content (AvgIpc) is 2.61. The number of carbonyl (C=O) groups is 2. The fourth-order valence-corrected chi connectivity index (χ4v) is 2.25. The van der Waals surface area contributed by atoms with Gasteiger partial charge < -0.3 is 14.8 Å². The van der Waals surface area contributed by atoms with E-state index >= 15 is 0 Å². The molecule has 0 radical (unpaired) electrons. The van der Waals surface area contributed by atoms with Gasteiger partial charge in [-0.3, -0.25) is 4.79 Å². The Morgan fingerprint density at radius 2 is 1.80 bits per heavy atom. The largest absolute Gasteiger partial charge is 0.488 e. The predicted octanol–water partition coefficient (Wildman–Crippen LogP) is 3.60. The first-order chi connectivity index (χ1) is 12.0. The van der Waals surface area contributed by atoms with Crippen molar-refractivity contribution < 1.29 is 19.1 Å². The Bertz CT molecular complexity index is 730. The van der Waals surface area contributed by atoms with Gasteiger partial charge in [0.1, 0.15) is 18.4 Å². The van der Waals surface area contributed by atoms with Crippen LogP contribution in [0.4, 0.5) is 0 Å². The van der Waals surface area contributed by atoms with Gasteiger partial charge in [0.05, 0.1) is 12.2 Å². The maximum atomic E-state index is 12.4. The monoisotopic (exact) mass is 361 g/mol. The number of hydrogen-bond donors (Lipinski definition) is 1. The summed E-state index contributed by atoms with van der Waals surface area (Å²) in [5.74, 6) is -0.436. The second-order valence-electron chi connectivity index (χ2n) is 5.36. The predicted molar refractivity (Wildman–Crippen MR) is 95.8 cm³/mol. The molecule has 1 atom stereocenters. The van der Waals surface area contributed by atoms with Crippen molar-refractivity contribution >= 4 is 23.5 Å². The number of benzene rings is 2. The molecule has 0 spiro atoms. The molecule has 132 valence electrons. The van der Waals surface area contributed by atoms with E-state index in [9.17, 15) is 9.59 Å². The van der Waals surface area contributed by atoms with E-state index in [4.69, 9.17) is 21.1 Å². The highest BCUT2D eigenvalue weighted by atomic mass is 35.5. The summed E-state index contributed by atoms with van der Waals surface area (Å²) in [6, 6.07) is 13.4. The Morgan fingerprint density at radius 1 is 1.12 bits per heavy atom. The normalized spacial score (nSPS) is 11.5. The van der Waals surface area contributed by atoms with E-state index in [1.165, 1.54) is 0 Å². The van der Waals surface area contributed by atoms with Gasteiger partial charge in [0, 0.05) is 5.02 Å². The van der Waals surface area contributed by atoms with Crippen molar-refractivity contribution in [2.24, 2.45) is 0 Å². The number of carbonyl (C=O) groups excluding carboxylic acids is 2. The van der Waals surface area contributed by atoms with Crippen LogP contribution in [0.15, 0.2) is 48.5 Å². The fourth-order valence-electron chi connectivity index (χ4n) is 2.12. The number of rotatable bonds is 7. The first-order valence-electron chi connectivity index (χ1n) is 7.95. The van der Waals surface area contributed by atoms with E-state index in [0.717, 1.165) is 5.56 Å². The van der Waals surface area contributed by atoms with Gasteiger partial charge in [0.25, 0.3) is 5.91 Å². The van der Waals surface area contributed by atoms with Crippen LogP contribution < -0.4 is 10.1 Å². The van der Waals surface area contributed by atoms with Gasteiger partial charge in [0.2, 0.25) is 0 Å². The SMILES string of the molecule is CCOC(=O)C(C)NC(=O)c1ccccc1OCc1ccc(Cl)cc1. The topological polar surface area (TPSA) is 64.6 Å². The average molecular weight is 362 g/mol. The highest BCUT2D eigenvalue weighted by molar-refractivity contribution is 6.30. The highest BCUT2D eigenvalue weighted by Crippen LogP contribution is 2.20. The molecule has 1 unspecified atom stereocenters. The lowest BCUT2D eigenvalue weighted by Crippen LogP contribution is -2.39. The van der Waals surface area contributed by atoms with E-state index < -0.39 is 17.9 Å². The molecule has 0 aromatic heterocycles. The van der Waals surface area contributed by atoms with Gasteiger partial charge in [-0.1, -0.05) is 35.9 Å². The van der Waals surface area contributed by atoms with Crippen molar-refractivity contribution in [2.75, 3.05) is 6.61 Å². The minimum absolute atomic E-state index is 0.264. The van der Waals surface area contributed by atoms with Crippen LogP contribution >= 0.6 is 11.6 Å². The quantitative estimate of drug-likeness (QED) is 0.765. The fraction of sp³-hybridized carbons (Fsp3) is 0.263. The van der Waals surface area contributed by atoms with Crippen LogP contribution in [0, 0.1) is 0 Å². The highest BCUT2D eigenvalue weighted by Gasteiger charge is 2.19. The van der Waals surface area contributed by atoms with Crippen LogP contribution in [0.25, 0.3) is 0 Å². The smallest absolute Gasteiger partial charge is 0.328 e. The Balaban J connectivity index is 2.05. The zero-order valence-electron chi connectivity index (χ0n) is 14.1. The number of ether oxygens (including phenoxy) is 2. The molecular weight excluding hydrogens is 342 g/mol. The van der Waals surface area contributed by atoms with E-state index in [-0.39, 0.29) is 6.61 Å². The summed E-state index contributed by atoms with van der Waals surface area (Å²) in [6.45, 7) is 3.86. The maximum absolute atomic E-state index is 12.4. The van der Waals surface area contributed by atoms with Crippen molar-refractivity contribution in [1.82, 2.24) is 5.32 Å². The number of esters is 1. The third-order valence-corrected chi connectivity index (χ3v) is 3.68. The molecule has 2 aromatic rings. The maximum Gasteiger partial charge on any atom is 0.328 e. The van der Waals surface area contributed by atoms with Gasteiger partial charge in [0.15, 0.2) is 0 Å². The molecule has 0 heterocycles. The molecule has 2 aromatic carbocycles. The standard InChI is InChI=1S/C19H20ClNO4/c1-3-24-19(23)13(2)21-18(22)16-6-4-5-7-17(16)25-12-14-8-10-15(20)11-9-14/h4-11,13H,3,12H2,1-2H3,(H,21,22). The van der Waals surface area contributed by atoms with E-state index in [0.29, 0.717) is 22.9 Å². The van der Waals surface area contributed by atoms with Gasteiger partial charge in [-0.2, -0.15) is 0 Å². The lowest BCUT2D eigenvalue weighted by Gasteiger charge is -2.15. The minimum atomic E-state index is -0.739. The molecule has 1 N–H and O–H groups in total. The summed E-state index contributed by atoms with van der Waals surface area (Å²) >= 11 is 5.86. The molecule has 2 rings (SSSR count). The summed E-state index contributed by atoms with van der Waals surface area (Å²) in [5.41, 5.74) is 1.28. The molecule has 0 bridgehead atoms. The Labute approximate surface area is 151 Å². The molecule has 0 aliphatic heterocycles. The van der Waals surface area contributed by atoms with Crippen molar-refractivity contribution in [2.45, 2.75) is 26.5 Å². The summed E-state index contributed by atoms with van der Waals surface area (Å²) < 4.78 is 10.6. The Hall–Kier alpha value is -2.53. The zero-order valence-corrected chi connectivity index (χ0v) is 14.9. The number of para-hydroxylation sites is 1. The molecule has 0 saturated heterocycles. The van der Waals surface area contributed by atoms with Crippen molar-refractivity contribution in [3.8, 4) is 5.75 Å². The second kappa shape index (κ2) is 9.08. The molecule has 6 heteroatoms. The lowest BCUT2D eigenvalue weighted by atomic mass is 10.1. The molecule has 0 fully saturated rings. The molecule has 0 aliphatic rings. The first-order valence-corrected chi connectivity index (χ1v) is 8.32. The molecule has 1 amide bonds. The first kappa shape index (κ1) is 18.8. The van der Waals surface area contributed by atoms with Gasteiger partial charge >= 0.3 is 5.97 Å². The van der Waals surface area contributed by atoms with E-state index in [1.807, 2.05) is 12.1 Å². The van der Waals surface area contributed by atoms with Gasteiger partial charge in [-0.05, 0) is 43.7 Å².